The number of hydrogen-bond acceptors (Lipinski definition) is 1. The van der Waals surface area contributed by atoms with Gasteiger partial charge in [-0.3, -0.25) is 0 Å². The quantitative estimate of drug-likeness (QED) is 0.660. The first-order chi connectivity index (χ1) is 11.3. The number of alkyl halides is 2. The number of halogens is 5. The van der Waals surface area contributed by atoms with E-state index in [1.807, 2.05) is 0 Å². The Labute approximate surface area is 136 Å². The van der Waals surface area contributed by atoms with Gasteiger partial charge in [-0.2, -0.15) is 8.78 Å². The van der Waals surface area contributed by atoms with Gasteiger partial charge in [-0.25, -0.2) is 13.2 Å². The van der Waals surface area contributed by atoms with Crippen molar-refractivity contribution in [2.24, 2.45) is 0 Å². The zero-order chi connectivity index (χ0) is 17.6. The molecule has 0 N–H and O–H groups in total. The molecule has 1 nitrogen and oxygen atoms in total. The third kappa shape index (κ3) is 2.19. The second-order valence-corrected chi connectivity index (χ2v) is 5.64. The molecule has 24 heavy (non-hydrogen) atoms. The van der Waals surface area contributed by atoms with Gasteiger partial charge in [-0.1, -0.05) is 13.3 Å². The van der Waals surface area contributed by atoms with Gasteiger partial charge < -0.3 is 4.74 Å². The summed E-state index contributed by atoms with van der Waals surface area (Å²) in [5.41, 5.74) is -2.36. The SMILES string of the molecule is CCCc1cc2c(c(F)c1F)C(F)(F)c1c-2ccc(OCC)c1F. The van der Waals surface area contributed by atoms with Crippen LogP contribution in [0.5, 0.6) is 5.75 Å². The van der Waals surface area contributed by atoms with Crippen molar-refractivity contribution in [3.8, 4) is 16.9 Å². The fourth-order valence-corrected chi connectivity index (χ4v) is 3.13. The van der Waals surface area contributed by atoms with Crippen LogP contribution in [0.15, 0.2) is 18.2 Å². The van der Waals surface area contributed by atoms with Crippen LogP contribution in [-0.4, -0.2) is 6.61 Å². The molecule has 2 aromatic carbocycles. The molecule has 0 heterocycles. The van der Waals surface area contributed by atoms with Crippen LogP contribution in [0.25, 0.3) is 11.1 Å². The lowest BCUT2D eigenvalue weighted by Gasteiger charge is -2.16. The molecule has 0 aromatic heterocycles. The van der Waals surface area contributed by atoms with Crippen LogP contribution in [0.2, 0.25) is 0 Å². The van der Waals surface area contributed by atoms with E-state index in [0.29, 0.717) is 6.42 Å². The predicted octanol–water partition coefficient (Wildman–Crippen LogP) is 5.58. The summed E-state index contributed by atoms with van der Waals surface area (Å²) in [7, 11) is 0. The number of hydrogen-bond donors (Lipinski definition) is 0. The monoisotopic (exact) mass is 342 g/mol. The van der Waals surface area contributed by atoms with Crippen LogP contribution in [-0.2, 0) is 12.3 Å². The maximum absolute atomic E-state index is 14.7. The summed E-state index contributed by atoms with van der Waals surface area (Å²) in [5.74, 6) is -8.45. The molecule has 2 aromatic rings. The van der Waals surface area contributed by atoms with Crippen LogP contribution in [0.4, 0.5) is 22.0 Å². The molecule has 1 aliphatic rings. The van der Waals surface area contributed by atoms with Crippen LogP contribution in [0, 0.1) is 17.5 Å². The molecule has 0 saturated heterocycles. The van der Waals surface area contributed by atoms with Crippen molar-refractivity contribution in [3.05, 3.63) is 52.3 Å². The molecule has 0 saturated carbocycles. The third-order valence-corrected chi connectivity index (χ3v) is 4.13. The van der Waals surface area contributed by atoms with Gasteiger partial charge in [0, 0.05) is 0 Å². The summed E-state index contributed by atoms with van der Waals surface area (Å²) in [6.45, 7) is 3.45. The Kier molecular flexibility index (Phi) is 4.01. The maximum atomic E-state index is 14.7. The standard InChI is InChI=1S/C18H15F5O/c1-3-5-9-8-11-10-6-7-12(24-4-2)16(20)13(10)18(22,23)14(11)17(21)15(9)19/h6-8H,3-5H2,1-2H3. The average Bonchev–Trinajstić information content (AvgIpc) is 2.75. The lowest BCUT2D eigenvalue weighted by atomic mass is 9.99. The van der Waals surface area contributed by atoms with E-state index in [9.17, 15) is 22.0 Å². The Morgan fingerprint density at radius 3 is 2.21 bits per heavy atom. The van der Waals surface area contributed by atoms with Crippen molar-refractivity contribution in [2.75, 3.05) is 6.61 Å². The number of benzene rings is 2. The van der Waals surface area contributed by atoms with Crippen molar-refractivity contribution in [3.63, 3.8) is 0 Å². The van der Waals surface area contributed by atoms with E-state index in [1.54, 1.807) is 13.8 Å². The summed E-state index contributed by atoms with van der Waals surface area (Å²) in [6, 6.07) is 3.68. The van der Waals surface area contributed by atoms with E-state index in [0.717, 1.165) is 0 Å². The highest BCUT2D eigenvalue weighted by Gasteiger charge is 2.50. The molecule has 0 spiro atoms. The Bertz CT molecular complexity index is 814. The molecule has 0 bridgehead atoms. The molecule has 0 aliphatic heterocycles. The lowest BCUT2D eigenvalue weighted by molar-refractivity contribution is 0.0391. The zero-order valence-electron chi connectivity index (χ0n) is 13.2. The van der Waals surface area contributed by atoms with Crippen LogP contribution in [0.3, 0.4) is 0 Å². The van der Waals surface area contributed by atoms with Gasteiger partial charge >= 0.3 is 5.92 Å². The van der Waals surface area contributed by atoms with Crippen molar-refractivity contribution >= 4 is 0 Å². The van der Waals surface area contributed by atoms with Crippen LogP contribution < -0.4 is 4.74 Å². The number of fused-ring (bicyclic) bond motifs is 3. The topological polar surface area (TPSA) is 9.23 Å². The van der Waals surface area contributed by atoms with Crippen molar-refractivity contribution in [1.29, 1.82) is 0 Å². The molecule has 128 valence electrons. The third-order valence-electron chi connectivity index (χ3n) is 4.13. The number of aryl methyl sites for hydroxylation is 1. The van der Waals surface area contributed by atoms with Gasteiger partial charge in [-0.05, 0) is 48.2 Å². The summed E-state index contributed by atoms with van der Waals surface area (Å²) < 4.78 is 77.2. The molecule has 0 amide bonds. The molecular weight excluding hydrogens is 327 g/mol. The molecule has 0 radical (unpaired) electrons. The van der Waals surface area contributed by atoms with E-state index in [-0.39, 0.29) is 35.5 Å². The second kappa shape index (κ2) is 5.76. The van der Waals surface area contributed by atoms with Crippen LogP contribution in [0.1, 0.15) is 37.0 Å². The van der Waals surface area contributed by atoms with Crippen molar-refractivity contribution in [1.82, 2.24) is 0 Å². The zero-order valence-corrected chi connectivity index (χ0v) is 13.2. The normalized spacial score (nSPS) is 14.5. The number of rotatable bonds is 4. The molecular formula is C18H15F5O. The van der Waals surface area contributed by atoms with E-state index < -0.39 is 34.5 Å². The van der Waals surface area contributed by atoms with Crippen molar-refractivity contribution < 1.29 is 26.7 Å². The first-order valence-electron chi connectivity index (χ1n) is 7.69. The van der Waals surface area contributed by atoms with Gasteiger partial charge in [0.25, 0.3) is 0 Å². The van der Waals surface area contributed by atoms with E-state index in [4.69, 9.17) is 4.74 Å². The molecule has 0 unspecified atom stereocenters. The van der Waals surface area contributed by atoms with Crippen molar-refractivity contribution in [2.45, 2.75) is 32.6 Å². The average molecular weight is 342 g/mol. The molecule has 0 atom stereocenters. The lowest BCUT2D eigenvalue weighted by Crippen LogP contribution is -2.17. The highest BCUT2D eigenvalue weighted by atomic mass is 19.3. The Morgan fingerprint density at radius 2 is 1.58 bits per heavy atom. The molecule has 6 heteroatoms. The number of ether oxygens (including phenoxy) is 1. The largest absolute Gasteiger partial charge is 0.491 e. The maximum Gasteiger partial charge on any atom is 0.305 e. The van der Waals surface area contributed by atoms with Crippen LogP contribution >= 0.6 is 0 Å². The Hall–Kier alpha value is -2.11. The summed E-state index contributed by atoms with van der Waals surface area (Å²) >= 11 is 0. The predicted molar refractivity (Wildman–Crippen MR) is 79.9 cm³/mol. The highest BCUT2D eigenvalue weighted by Crippen LogP contribution is 2.54. The first kappa shape index (κ1) is 16.7. The first-order valence-corrected chi connectivity index (χ1v) is 7.69. The smallest absolute Gasteiger partial charge is 0.305 e. The summed E-state index contributed by atoms with van der Waals surface area (Å²) in [4.78, 5) is 0. The Balaban J connectivity index is 2.31. The van der Waals surface area contributed by atoms with Gasteiger partial charge in [0.2, 0.25) is 0 Å². The Morgan fingerprint density at radius 1 is 0.917 bits per heavy atom. The van der Waals surface area contributed by atoms with Gasteiger partial charge in [0.05, 0.1) is 17.7 Å². The summed E-state index contributed by atoms with van der Waals surface area (Å²) in [6.07, 6.45) is 0.729. The fourth-order valence-electron chi connectivity index (χ4n) is 3.13. The van der Waals surface area contributed by atoms with E-state index in [1.165, 1.54) is 18.2 Å². The minimum absolute atomic E-state index is 0.00620. The second-order valence-electron chi connectivity index (χ2n) is 5.64. The van der Waals surface area contributed by atoms with Gasteiger partial charge in [-0.15, -0.1) is 0 Å². The van der Waals surface area contributed by atoms with E-state index >= 15 is 0 Å². The molecule has 1 aliphatic carbocycles. The van der Waals surface area contributed by atoms with E-state index in [2.05, 4.69) is 0 Å². The minimum atomic E-state index is -3.96. The fraction of sp³-hybridized carbons (Fsp3) is 0.333. The minimum Gasteiger partial charge on any atom is -0.491 e. The molecule has 3 rings (SSSR count). The molecule has 0 fully saturated rings. The van der Waals surface area contributed by atoms with Gasteiger partial charge in [0.1, 0.15) is 0 Å². The summed E-state index contributed by atoms with van der Waals surface area (Å²) in [5, 5.41) is 0. The van der Waals surface area contributed by atoms with Gasteiger partial charge in [0.15, 0.2) is 23.2 Å². The highest BCUT2D eigenvalue weighted by molar-refractivity contribution is 5.81.